The van der Waals surface area contributed by atoms with Crippen molar-refractivity contribution in [2.24, 2.45) is 0 Å². The van der Waals surface area contributed by atoms with E-state index in [0.717, 1.165) is 10.8 Å². The molecule has 0 fully saturated rings. The minimum absolute atomic E-state index is 0.00282. The maximum Gasteiger partial charge on any atom is 0.256 e. The van der Waals surface area contributed by atoms with Gasteiger partial charge in [-0.2, -0.15) is 0 Å². The molecule has 1 heterocycles. The summed E-state index contributed by atoms with van der Waals surface area (Å²) in [6.45, 7) is 3.34. The van der Waals surface area contributed by atoms with Gasteiger partial charge in [0, 0.05) is 30.8 Å². The zero-order valence-corrected chi connectivity index (χ0v) is 11.7. The summed E-state index contributed by atoms with van der Waals surface area (Å²) in [4.78, 5) is 22.7. The number of amides is 1. The van der Waals surface area contributed by atoms with Crippen molar-refractivity contribution in [1.29, 1.82) is 0 Å². The van der Waals surface area contributed by atoms with E-state index in [0.29, 0.717) is 24.2 Å². The number of para-hydroxylation sites is 1. The number of fused-ring (bicyclic) bond motifs is 1. The highest BCUT2D eigenvalue weighted by Gasteiger charge is 2.16. The molecule has 0 spiro atoms. The Balaban J connectivity index is 2.44. The van der Waals surface area contributed by atoms with Crippen LogP contribution in [0.3, 0.4) is 0 Å². The Bertz CT molecular complexity index is 553. The smallest absolute Gasteiger partial charge is 0.256 e. The molecule has 0 saturated carbocycles. The number of halogens is 1. The average Bonchev–Trinajstić information content (AvgIpc) is 2.43. The first-order chi connectivity index (χ1) is 8.77. The predicted molar refractivity (Wildman–Crippen MR) is 74.9 cm³/mol. The largest absolute Gasteiger partial charge is 0.338 e. The van der Waals surface area contributed by atoms with Gasteiger partial charge in [0.1, 0.15) is 5.52 Å². The zero-order chi connectivity index (χ0) is 13.0. The minimum Gasteiger partial charge on any atom is -0.338 e. The van der Waals surface area contributed by atoms with Crippen LogP contribution in [0.5, 0.6) is 0 Å². The number of alkyl halides is 1. The van der Waals surface area contributed by atoms with Crippen LogP contribution in [0.1, 0.15) is 17.3 Å². The van der Waals surface area contributed by atoms with Gasteiger partial charge in [-0.1, -0.05) is 22.0 Å². The van der Waals surface area contributed by atoms with Gasteiger partial charge in [-0.25, -0.2) is 0 Å². The summed E-state index contributed by atoms with van der Waals surface area (Å²) in [5, 5.41) is 0.767. The van der Waals surface area contributed by atoms with Gasteiger partial charge in [0.2, 0.25) is 0 Å². The Labute approximate surface area is 114 Å². The molecule has 0 atom stereocenters. The van der Waals surface area contributed by atoms with Gasteiger partial charge < -0.3 is 4.90 Å². The number of nitrogens with zero attached hydrogens (tertiary/aromatic N) is 3. The van der Waals surface area contributed by atoms with Crippen LogP contribution in [-0.4, -0.2) is 39.2 Å². The topological polar surface area (TPSA) is 46.1 Å². The van der Waals surface area contributed by atoms with Crippen LogP contribution >= 0.6 is 15.9 Å². The molecule has 1 aromatic heterocycles. The van der Waals surface area contributed by atoms with Gasteiger partial charge in [0.25, 0.3) is 5.91 Å². The average molecular weight is 308 g/mol. The lowest BCUT2D eigenvalue weighted by atomic mass is 10.1. The molecule has 2 aromatic rings. The molecule has 0 bridgehead atoms. The number of carbonyl (C=O) groups is 1. The number of hydrogen-bond donors (Lipinski definition) is 0. The summed E-state index contributed by atoms with van der Waals surface area (Å²) in [7, 11) is 0. The molecule has 5 heteroatoms. The van der Waals surface area contributed by atoms with E-state index >= 15 is 0 Å². The summed E-state index contributed by atoms with van der Waals surface area (Å²) in [5.74, 6) is 0.00282. The Hall–Kier alpha value is -1.49. The number of hydrogen-bond acceptors (Lipinski definition) is 3. The van der Waals surface area contributed by atoms with Crippen molar-refractivity contribution in [3.8, 4) is 0 Å². The fraction of sp³-hybridized carbons (Fsp3) is 0.308. The molecule has 0 N–H and O–H groups in total. The van der Waals surface area contributed by atoms with Crippen molar-refractivity contribution in [2.45, 2.75) is 6.92 Å². The van der Waals surface area contributed by atoms with Gasteiger partial charge in [0.15, 0.2) is 0 Å². The van der Waals surface area contributed by atoms with Gasteiger partial charge in [-0.15, -0.1) is 0 Å². The molecule has 4 nitrogen and oxygen atoms in total. The standard InChI is InChI=1S/C13H14BrN3O/c1-2-17(9-6-14)13(18)10-4-3-5-11-12(10)16-8-7-15-11/h3-5,7-8H,2,6,9H2,1H3. The van der Waals surface area contributed by atoms with Crippen molar-refractivity contribution >= 4 is 32.9 Å². The van der Waals surface area contributed by atoms with Crippen molar-refractivity contribution in [2.75, 3.05) is 18.4 Å². The molecule has 1 amide bonds. The second-order valence-electron chi connectivity index (χ2n) is 3.80. The third-order valence-corrected chi connectivity index (χ3v) is 3.11. The van der Waals surface area contributed by atoms with Crippen LogP contribution in [0.15, 0.2) is 30.6 Å². The molecule has 94 valence electrons. The van der Waals surface area contributed by atoms with Crippen LogP contribution in [0, 0.1) is 0 Å². The number of benzene rings is 1. The first kappa shape index (κ1) is 13.0. The molecular formula is C13H14BrN3O. The van der Waals surface area contributed by atoms with Crippen LogP contribution < -0.4 is 0 Å². The van der Waals surface area contributed by atoms with E-state index in [2.05, 4.69) is 25.9 Å². The third kappa shape index (κ3) is 2.51. The van der Waals surface area contributed by atoms with Crippen LogP contribution in [-0.2, 0) is 0 Å². The maximum atomic E-state index is 12.4. The summed E-state index contributed by atoms with van der Waals surface area (Å²) in [6.07, 6.45) is 3.24. The molecule has 0 saturated heterocycles. The van der Waals surface area contributed by atoms with Gasteiger partial charge in [-0.05, 0) is 19.1 Å². The predicted octanol–water partition coefficient (Wildman–Crippen LogP) is 2.49. The second kappa shape index (κ2) is 5.91. The molecule has 0 aliphatic carbocycles. The van der Waals surface area contributed by atoms with Gasteiger partial charge in [-0.3, -0.25) is 14.8 Å². The fourth-order valence-electron chi connectivity index (χ4n) is 1.84. The van der Waals surface area contributed by atoms with Crippen molar-refractivity contribution in [3.63, 3.8) is 0 Å². The van der Waals surface area contributed by atoms with E-state index in [4.69, 9.17) is 0 Å². The summed E-state index contributed by atoms with van der Waals surface area (Å²) in [6, 6.07) is 5.50. The lowest BCUT2D eigenvalue weighted by Crippen LogP contribution is -2.32. The van der Waals surface area contributed by atoms with Crippen LogP contribution in [0.25, 0.3) is 11.0 Å². The van der Waals surface area contributed by atoms with Crippen LogP contribution in [0.2, 0.25) is 0 Å². The number of aromatic nitrogens is 2. The highest BCUT2D eigenvalue weighted by Crippen LogP contribution is 2.16. The normalized spacial score (nSPS) is 10.6. The maximum absolute atomic E-state index is 12.4. The molecule has 1 aromatic carbocycles. The monoisotopic (exact) mass is 307 g/mol. The van der Waals surface area contributed by atoms with Crippen molar-refractivity contribution in [3.05, 3.63) is 36.2 Å². The van der Waals surface area contributed by atoms with Crippen molar-refractivity contribution < 1.29 is 4.79 Å². The number of rotatable bonds is 4. The first-order valence-corrected chi connectivity index (χ1v) is 6.95. The fourth-order valence-corrected chi connectivity index (χ4v) is 2.27. The van der Waals surface area contributed by atoms with E-state index in [1.807, 2.05) is 19.1 Å². The molecule has 0 radical (unpaired) electrons. The van der Waals surface area contributed by atoms with Crippen LogP contribution in [0.4, 0.5) is 0 Å². The second-order valence-corrected chi connectivity index (χ2v) is 4.60. The van der Waals surface area contributed by atoms with Gasteiger partial charge >= 0.3 is 0 Å². The summed E-state index contributed by atoms with van der Waals surface area (Å²) in [5.41, 5.74) is 2.03. The highest BCUT2D eigenvalue weighted by molar-refractivity contribution is 9.09. The summed E-state index contributed by atoms with van der Waals surface area (Å²) < 4.78 is 0. The van der Waals surface area contributed by atoms with E-state index in [1.165, 1.54) is 0 Å². The molecule has 0 aliphatic rings. The van der Waals surface area contributed by atoms with E-state index < -0.39 is 0 Å². The Morgan fingerprint density at radius 2 is 2.11 bits per heavy atom. The van der Waals surface area contributed by atoms with Gasteiger partial charge in [0.05, 0.1) is 11.1 Å². The van der Waals surface area contributed by atoms with E-state index in [9.17, 15) is 4.79 Å². The number of carbonyl (C=O) groups excluding carboxylic acids is 1. The molecule has 18 heavy (non-hydrogen) atoms. The first-order valence-electron chi connectivity index (χ1n) is 5.83. The van der Waals surface area contributed by atoms with E-state index in [-0.39, 0.29) is 5.91 Å². The zero-order valence-electron chi connectivity index (χ0n) is 10.1. The lowest BCUT2D eigenvalue weighted by molar-refractivity contribution is 0.0776. The summed E-state index contributed by atoms with van der Waals surface area (Å²) >= 11 is 3.36. The Morgan fingerprint density at radius 3 is 2.83 bits per heavy atom. The third-order valence-electron chi connectivity index (χ3n) is 2.75. The minimum atomic E-state index is 0.00282. The highest BCUT2D eigenvalue weighted by atomic mass is 79.9. The SMILES string of the molecule is CCN(CCBr)C(=O)c1cccc2nccnc12. The Kier molecular flexibility index (Phi) is 4.25. The lowest BCUT2D eigenvalue weighted by Gasteiger charge is -2.20. The molecule has 0 unspecified atom stereocenters. The van der Waals surface area contributed by atoms with Crippen molar-refractivity contribution in [1.82, 2.24) is 14.9 Å². The quantitative estimate of drug-likeness (QED) is 0.815. The van der Waals surface area contributed by atoms with E-state index in [1.54, 1.807) is 23.4 Å². The molecule has 0 aliphatic heterocycles. The Morgan fingerprint density at radius 1 is 1.33 bits per heavy atom. The molecule has 2 rings (SSSR count). The molecular weight excluding hydrogens is 294 g/mol.